The third-order valence-electron chi connectivity index (χ3n) is 4.89. The van der Waals surface area contributed by atoms with Gasteiger partial charge in [0.2, 0.25) is 0 Å². The van der Waals surface area contributed by atoms with Crippen LogP contribution in [0.2, 0.25) is 5.02 Å². The Morgan fingerprint density at radius 3 is 2.57 bits per heavy atom. The molecule has 0 bridgehead atoms. The van der Waals surface area contributed by atoms with E-state index in [4.69, 9.17) is 11.6 Å². The molecule has 2 saturated heterocycles. The Bertz CT molecular complexity index is 1020. The van der Waals surface area contributed by atoms with Crippen molar-refractivity contribution in [3.05, 3.63) is 70.7 Å². The lowest BCUT2D eigenvalue weighted by Crippen LogP contribution is -2.37. The number of fused-ring (bicyclic) bond motifs is 1. The topological polar surface area (TPSA) is 66.8 Å². The SMILES string of the molecule is O=C(Cc1ccccc1Cl)N=C1S[C@H]2CS(=O)(=O)C[C@@H]2N1Cc1ccccc1. The smallest absolute Gasteiger partial charge is 0.252 e. The summed E-state index contributed by atoms with van der Waals surface area (Å²) in [6, 6.07) is 16.9. The zero-order valence-corrected chi connectivity index (χ0v) is 17.4. The summed E-state index contributed by atoms with van der Waals surface area (Å²) in [5.74, 6) is -0.0443. The Labute approximate surface area is 173 Å². The predicted octanol–water partition coefficient (Wildman–Crippen LogP) is 3.18. The summed E-state index contributed by atoms with van der Waals surface area (Å²) in [5.41, 5.74) is 1.79. The summed E-state index contributed by atoms with van der Waals surface area (Å²) in [7, 11) is -3.06. The number of hydrogen-bond acceptors (Lipinski definition) is 4. The van der Waals surface area contributed by atoms with Crippen LogP contribution in [-0.2, 0) is 27.6 Å². The zero-order chi connectivity index (χ0) is 19.7. The summed E-state index contributed by atoms with van der Waals surface area (Å²) >= 11 is 7.54. The number of hydrogen-bond donors (Lipinski definition) is 0. The van der Waals surface area contributed by atoms with Crippen molar-refractivity contribution in [1.82, 2.24) is 4.90 Å². The number of rotatable bonds is 4. The van der Waals surface area contributed by atoms with Crippen LogP contribution in [0.1, 0.15) is 11.1 Å². The van der Waals surface area contributed by atoms with Crippen LogP contribution in [0.4, 0.5) is 0 Å². The minimum atomic E-state index is -3.06. The van der Waals surface area contributed by atoms with Gasteiger partial charge in [-0.3, -0.25) is 4.79 Å². The van der Waals surface area contributed by atoms with E-state index in [0.717, 1.165) is 11.1 Å². The number of sulfone groups is 1. The highest BCUT2D eigenvalue weighted by atomic mass is 35.5. The molecule has 2 aliphatic heterocycles. The molecule has 2 atom stereocenters. The van der Waals surface area contributed by atoms with Crippen molar-refractivity contribution in [1.29, 1.82) is 0 Å². The highest BCUT2D eigenvalue weighted by Gasteiger charge is 2.48. The van der Waals surface area contributed by atoms with Crippen LogP contribution in [0.3, 0.4) is 0 Å². The van der Waals surface area contributed by atoms with Crippen LogP contribution in [0.25, 0.3) is 0 Å². The Morgan fingerprint density at radius 1 is 1.11 bits per heavy atom. The van der Waals surface area contributed by atoms with Crippen molar-refractivity contribution in [3.8, 4) is 0 Å². The summed E-state index contributed by atoms with van der Waals surface area (Å²) in [4.78, 5) is 18.9. The Hall–Kier alpha value is -1.83. The molecule has 2 heterocycles. The average Bonchev–Trinajstić information content (AvgIpc) is 3.10. The van der Waals surface area contributed by atoms with E-state index in [9.17, 15) is 13.2 Å². The van der Waals surface area contributed by atoms with Gasteiger partial charge in [0.15, 0.2) is 15.0 Å². The quantitative estimate of drug-likeness (QED) is 0.739. The Kier molecular flexibility index (Phi) is 5.49. The maximum Gasteiger partial charge on any atom is 0.252 e. The average molecular weight is 435 g/mol. The van der Waals surface area contributed by atoms with Crippen LogP contribution in [0.15, 0.2) is 59.6 Å². The monoisotopic (exact) mass is 434 g/mol. The van der Waals surface area contributed by atoms with Crippen molar-refractivity contribution in [2.75, 3.05) is 11.5 Å². The molecule has 2 aromatic rings. The van der Waals surface area contributed by atoms with Crippen LogP contribution in [-0.4, -0.2) is 47.2 Å². The number of benzene rings is 2. The molecule has 4 rings (SSSR count). The maximum atomic E-state index is 12.6. The molecule has 0 aromatic heterocycles. The predicted molar refractivity (Wildman–Crippen MR) is 113 cm³/mol. The van der Waals surface area contributed by atoms with E-state index in [1.807, 2.05) is 53.4 Å². The molecule has 0 aliphatic carbocycles. The molecule has 0 radical (unpaired) electrons. The number of halogens is 1. The first-order chi connectivity index (χ1) is 13.4. The van der Waals surface area contributed by atoms with E-state index in [1.165, 1.54) is 11.8 Å². The highest BCUT2D eigenvalue weighted by molar-refractivity contribution is 8.15. The second kappa shape index (κ2) is 7.89. The molecule has 2 fully saturated rings. The molecule has 2 aromatic carbocycles. The van der Waals surface area contributed by atoms with Crippen molar-refractivity contribution in [3.63, 3.8) is 0 Å². The van der Waals surface area contributed by atoms with Crippen molar-refractivity contribution in [2.45, 2.75) is 24.3 Å². The fraction of sp³-hybridized carbons (Fsp3) is 0.300. The standard InChI is InChI=1S/C20H19ClN2O3S2/c21-16-9-5-4-8-15(16)10-19(24)22-20-23(11-14-6-2-1-3-7-14)17-12-28(25,26)13-18(17)27-20/h1-9,17-18H,10-13H2/t17-,18-/m0/s1. The molecule has 0 spiro atoms. The van der Waals surface area contributed by atoms with Crippen molar-refractivity contribution in [2.24, 2.45) is 4.99 Å². The lowest BCUT2D eigenvalue weighted by Gasteiger charge is -2.24. The number of amidine groups is 1. The van der Waals surface area contributed by atoms with Crippen LogP contribution < -0.4 is 0 Å². The summed E-state index contributed by atoms with van der Waals surface area (Å²) in [5, 5.41) is 1.06. The van der Waals surface area contributed by atoms with Gasteiger partial charge in [0.05, 0.1) is 24.0 Å². The van der Waals surface area contributed by atoms with Gasteiger partial charge in [0.25, 0.3) is 5.91 Å². The normalized spacial score (nSPS) is 24.5. The van der Waals surface area contributed by atoms with E-state index in [1.54, 1.807) is 6.07 Å². The number of carbonyl (C=O) groups is 1. The van der Waals surface area contributed by atoms with Gasteiger partial charge < -0.3 is 4.90 Å². The van der Waals surface area contributed by atoms with Gasteiger partial charge in [-0.15, -0.1) is 0 Å². The Balaban J connectivity index is 1.58. The fourth-order valence-electron chi connectivity index (χ4n) is 3.55. The molecule has 8 heteroatoms. The second-order valence-corrected chi connectivity index (χ2v) is 10.7. The third-order valence-corrected chi connectivity index (χ3v) is 8.51. The van der Waals surface area contributed by atoms with E-state index in [-0.39, 0.29) is 35.1 Å². The third kappa shape index (κ3) is 4.26. The lowest BCUT2D eigenvalue weighted by molar-refractivity contribution is -0.117. The first-order valence-electron chi connectivity index (χ1n) is 8.94. The van der Waals surface area contributed by atoms with E-state index < -0.39 is 9.84 Å². The van der Waals surface area contributed by atoms with Gasteiger partial charge in [-0.2, -0.15) is 4.99 Å². The number of amides is 1. The Morgan fingerprint density at radius 2 is 1.82 bits per heavy atom. The molecule has 28 heavy (non-hydrogen) atoms. The van der Waals surface area contributed by atoms with Gasteiger partial charge in [0.1, 0.15) is 0 Å². The van der Waals surface area contributed by atoms with E-state index in [2.05, 4.69) is 4.99 Å². The second-order valence-electron chi connectivity index (χ2n) is 6.97. The molecule has 0 unspecified atom stereocenters. The molecule has 2 aliphatic rings. The molecular formula is C20H19ClN2O3S2. The van der Waals surface area contributed by atoms with Crippen LogP contribution in [0, 0.1) is 0 Å². The molecule has 146 valence electrons. The van der Waals surface area contributed by atoms with Crippen molar-refractivity contribution >= 4 is 44.3 Å². The summed E-state index contributed by atoms with van der Waals surface area (Å²) in [6.07, 6.45) is 0.122. The minimum absolute atomic E-state index is 0.0828. The van der Waals surface area contributed by atoms with E-state index >= 15 is 0 Å². The number of aliphatic imine (C=N–C) groups is 1. The zero-order valence-electron chi connectivity index (χ0n) is 15.0. The minimum Gasteiger partial charge on any atom is -0.342 e. The molecule has 1 amide bonds. The van der Waals surface area contributed by atoms with Crippen LogP contribution in [0.5, 0.6) is 0 Å². The van der Waals surface area contributed by atoms with Crippen molar-refractivity contribution < 1.29 is 13.2 Å². The maximum absolute atomic E-state index is 12.6. The van der Waals surface area contributed by atoms with Gasteiger partial charge in [-0.25, -0.2) is 8.42 Å². The largest absolute Gasteiger partial charge is 0.342 e. The molecular weight excluding hydrogens is 416 g/mol. The summed E-state index contributed by atoms with van der Waals surface area (Å²) in [6.45, 7) is 0.530. The highest BCUT2D eigenvalue weighted by Crippen LogP contribution is 2.39. The van der Waals surface area contributed by atoms with Crippen LogP contribution >= 0.6 is 23.4 Å². The van der Waals surface area contributed by atoms with Gasteiger partial charge >= 0.3 is 0 Å². The molecule has 0 N–H and O–H groups in total. The van der Waals surface area contributed by atoms with Gasteiger partial charge in [-0.05, 0) is 17.2 Å². The number of nitrogens with zero attached hydrogens (tertiary/aromatic N) is 2. The molecule has 0 saturated carbocycles. The number of thioether (sulfide) groups is 1. The fourth-order valence-corrected chi connectivity index (χ4v) is 7.72. The first-order valence-corrected chi connectivity index (χ1v) is 12.0. The first kappa shape index (κ1) is 19.5. The van der Waals surface area contributed by atoms with E-state index in [0.29, 0.717) is 16.7 Å². The summed E-state index contributed by atoms with van der Waals surface area (Å²) < 4.78 is 24.2. The lowest BCUT2D eigenvalue weighted by atomic mass is 10.1. The number of carbonyl (C=O) groups excluding carboxylic acids is 1. The van der Waals surface area contributed by atoms with Gasteiger partial charge in [0, 0.05) is 16.8 Å². The molecule has 5 nitrogen and oxygen atoms in total. The van der Waals surface area contributed by atoms with Gasteiger partial charge in [-0.1, -0.05) is 71.9 Å².